The normalized spacial score (nSPS) is 13.6. The maximum Gasteiger partial charge on any atom is 0.272 e. The molecular weight excluding hydrogens is 426 g/mol. The van der Waals surface area contributed by atoms with E-state index in [9.17, 15) is 4.79 Å². The molecule has 3 aromatic heterocycles. The number of hydrogen-bond donors (Lipinski definition) is 0. The molecule has 0 unspecified atom stereocenters. The van der Waals surface area contributed by atoms with E-state index in [0.29, 0.717) is 53.5 Å². The van der Waals surface area contributed by atoms with Gasteiger partial charge in [-0.2, -0.15) is 10.1 Å². The Morgan fingerprint density at radius 2 is 1.88 bits per heavy atom. The molecule has 0 aliphatic carbocycles. The number of aromatic nitrogens is 6. The van der Waals surface area contributed by atoms with Gasteiger partial charge in [0.05, 0.1) is 25.8 Å². The number of methoxy groups -OCH3 is 2. The highest BCUT2D eigenvalue weighted by molar-refractivity contribution is 5.94. The van der Waals surface area contributed by atoms with Crippen LogP contribution < -0.4 is 9.47 Å². The number of ether oxygens (including phenoxy) is 2. The third-order valence-electron chi connectivity index (χ3n) is 5.51. The molecule has 1 aliphatic heterocycles. The SMILES string of the molecule is COc1ccc(OC)c(-c2cc(C(=O)N3CC(c4nc(-c5ncccn5)no4)C3)n(C)n2)c1. The maximum absolute atomic E-state index is 13.1. The molecular formula is C22H21N7O4. The quantitative estimate of drug-likeness (QED) is 0.438. The van der Waals surface area contributed by atoms with Crippen LogP contribution >= 0.6 is 0 Å². The van der Waals surface area contributed by atoms with Crippen molar-refractivity contribution in [1.29, 1.82) is 0 Å². The zero-order valence-corrected chi connectivity index (χ0v) is 18.3. The van der Waals surface area contributed by atoms with Gasteiger partial charge in [-0.25, -0.2) is 9.97 Å². The lowest BCUT2D eigenvalue weighted by atomic mass is 9.99. The zero-order chi connectivity index (χ0) is 22.9. The van der Waals surface area contributed by atoms with Gasteiger partial charge in [-0.1, -0.05) is 5.16 Å². The molecule has 4 heterocycles. The van der Waals surface area contributed by atoms with E-state index < -0.39 is 0 Å². The van der Waals surface area contributed by atoms with Gasteiger partial charge in [-0.3, -0.25) is 9.48 Å². The van der Waals surface area contributed by atoms with Crippen molar-refractivity contribution in [3.05, 3.63) is 54.3 Å². The molecule has 168 valence electrons. The van der Waals surface area contributed by atoms with E-state index in [4.69, 9.17) is 14.0 Å². The number of carbonyl (C=O) groups excluding carboxylic acids is 1. The first-order chi connectivity index (χ1) is 16.1. The van der Waals surface area contributed by atoms with Crippen molar-refractivity contribution >= 4 is 5.91 Å². The van der Waals surface area contributed by atoms with E-state index in [1.165, 1.54) is 0 Å². The van der Waals surface area contributed by atoms with Crippen LogP contribution in [-0.2, 0) is 7.05 Å². The Morgan fingerprint density at radius 1 is 1.09 bits per heavy atom. The fourth-order valence-electron chi connectivity index (χ4n) is 3.68. The predicted molar refractivity (Wildman–Crippen MR) is 116 cm³/mol. The minimum Gasteiger partial charge on any atom is -0.497 e. The summed E-state index contributed by atoms with van der Waals surface area (Å²) in [5.41, 5.74) is 1.84. The van der Waals surface area contributed by atoms with Crippen LogP contribution in [0, 0.1) is 0 Å². The largest absolute Gasteiger partial charge is 0.497 e. The Morgan fingerprint density at radius 3 is 2.61 bits per heavy atom. The highest BCUT2D eigenvalue weighted by Crippen LogP contribution is 2.34. The average Bonchev–Trinajstić information content (AvgIpc) is 3.45. The summed E-state index contributed by atoms with van der Waals surface area (Å²) >= 11 is 0. The van der Waals surface area contributed by atoms with Crippen molar-refractivity contribution in [2.75, 3.05) is 27.3 Å². The highest BCUT2D eigenvalue weighted by Gasteiger charge is 2.37. The van der Waals surface area contributed by atoms with Crippen molar-refractivity contribution in [3.8, 4) is 34.4 Å². The van der Waals surface area contributed by atoms with Gasteiger partial charge in [0, 0.05) is 38.1 Å². The number of amides is 1. The zero-order valence-electron chi connectivity index (χ0n) is 18.3. The van der Waals surface area contributed by atoms with Gasteiger partial charge in [0.25, 0.3) is 5.91 Å². The van der Waals surface area contributed by atoms with Crippen LogP contribution in [0.2, 0.25) is 0 Å². The van der Waals surface area contributed by atoms with Crippen molar-refractivity contribution in [3.63, 3.8) is 0 Å². The molecule has 11 nitrogen and oxygen atoms in total. The molecule has 1 amide bonds. The van der Waals surface area contributed by atoms with E-state index in [1.54, 1.807) is 55.4 Å². The summed E-state index contributed by atoms with van der Waals surface area (Å²) in [6, 6.07) is 8.92. The second kappa shape index (κ2) is 8.34. The molecule has 0 spiro atoms. The van der Waals surface area contributed by atoms with E-state index in [-0.39, 0.29) is 11.8 Å². The van der Waals surface area contributed by atoms with Crippen molar-refractivity contribution in [1.82, 2.24) is 34.8 Å². The Kier molecular flexibility index (Phi) is 5.21. The summed E-state index contributed by atoms with van der Waals surface area (Å²) in [4.78, 5) is 27.4. The van der Waals surface area contributed by atoms with Crippen LogP contribution in [0.1, 0.15) is 22.3 Å². The Hall–Kier alpha value is -4.28. The molecule has 4 aromatic rings. The molecule has 1 aromatic carbocycles. The monoisotopic (exact) mass is 447 g/mol. The average molecular weight is 447 g/mol. The van der Waals surface area contributed by atoms with Crippen molar-refractivity contribution in [2.24, 2.45) is 7.05 Å². The van der Waals surface area contributed by atoms with E-state index in [2.05, 4.69) is 25.2 Å². The molecule has 0 bridgehead atoms. The first-order valence-electron chi connectivity index (χ1n) is 10.2. The molecule has 0 radical (unpaired) electrons. The summed E-state index contributed by atoms with van der Waals surface area (Å²) in [5, 5.41) is 8.47. The highest BCUT2D eigenvalue weighted by atomic mass is 16.5. The minimum atomic E-state index is -0.125. The Bertz CT molecular complexity index is 1300. The predicted octanol–water partition coefficient (Wildman–Crippen LogP) is 2.18. The van der Waals surface area contributed by atoms with Gasteiger partial charge >= 0.3 is 0 Å². The van der Waals surface area contributed by atoms with Gasteiger partial charge < -0.3 is 18.9 Å². The maximum atomic E-state index is 13.1. The van der Waals surface area contributed by atoms with Crippen molar-refractivity contribution in [2.45, 2.75) is 5.92 Å². The lowest BCUT2D eigenvalue weighted by Gasteiger charge is -2.36. The lowest BCUT2D eigenvalue weighted by Crippen LogP contribution is -2.49. The number of nitrogens with zero attached hydrogens (tertiary/aromatic N) is 7. The van der Waals surface area contributed by atoms with Crippen LogP contribution in [0.15, 0.2) is 47.2 Å². The van der Waals surface area contributed by atoms with E-state index >= 15 is 0 Å². The molecule has 11 heteroatoms. The lowest BCUT2D eigenvalue weighted by molar-refractivity contribution is 0.0558. The van der Waals surface area contributed by atoms with Gasteiger partial charge in [0.15, 0.2) is 0 Å². The van der Waals surface area contributed by atoms with Crippen LogP contribution in [0.25, 0.3) is 22.9 Å². The summed E-state index contributed by atoms with van der Waals surface area (Å²) in [6.45, 7) is 0.943. The van der Waals surface area contributed by atoms with Crippen LogP contribution in [0.5, 0.6) is 11.5 Å². The summed E-state index contributed by atoms with van der Waals surface area (Å²) in [7, 11) is 4.93. The first-order valence-corrected chi connectivity index (χ1v) is 10.2. The topological polar surface area (TPSA) is 121 Å². The molecule has 0 saturated carbocycles. The molecule has 1 aliphatic rings. The third-order valence-corrected chi connectivity index (χ3v) is 5.51. The number of carbonyl (C=O) groups is 1. The van der Waals surface area contributed by atoms with Gasteiger partial charge in [-0.05, 0) is 30.3 Å². The van der Waals surface area contributed by atoms with Crippen LogP contribution in [0.3, 0.4) is 0 Å². The number of likely N-dealkylation sites (tertiary alicyclic amines) is 1. The second-order valence-electron chi connectivity index (χ2n) is 7.54. The molecule has 0 N–H and O–H groups in total. The summed E-state index contributed by atoms with van der Waals surface area (Å²) in [6.07, 6.45) is 3.23. The fraction of sp³-hybridized carbons (Fsp3) is 0.273. The van der Waals surface area contributed by atoms with Crippen molar-refractivity contribution < 1.29 is 18.8 Å². The standard InChI is InChI=1S/C22H21N7O4/c1-28-17(10-16(26-28)15-9-14(31-2)5-6-18(15)32-3)22(30)29-11-13(12-29)21-25-20(27-33-21)19-23-7-4-8-24-19/h4-10,13H,11-12H2,1-3H3. The number of aryl methyl sites for hydroxylation is 1. The van der Waals surface area contributed by atoms with Gasteiger partial charge in [0.2, 0.25) is 17.5 Å². The smallest absolute Gasteiger partial charge is 0.272 e. The molecule has 5 rings (SSSR count). The molecule has 33 heavy (non-hydrogen) atoms. The summed E-state index contributed by atoms with van der Waals surface area (Å²) in [5.74, 6) is 2.36. The molecule has 0 atom stereocenters. The first kappa shape index (κ1) is 20.6. The minimum absolute atomic E-state index is 0.0370. The second-order valence-corrected chi connectivity index (χ2v) is 7.54. The fourth-order valence-corrected chi connectivity index (χ4v) is 3.68. The van der Waals surface area contributed by atoms with E-state index in [0.717, 1.165) is 5.56 Å². The molecule has 1 fully saturated rings. The van der Waals surface area contributed by atoms with E-state index in [1.807, 2.05) is 18.2 Å². The van der Waals surface area contributed by atoms with Crippen LogP contribution in [0.4, 0.5) is 0 Å². The Balaban J connectivity index is 1.30. The number of hydrogen-bond acceptors (Lipinski definition) is 9. The van der Waals surface area contributed by atoms with Crippen LogP contribution in [-0.4, -0.2) is 68.0 Å². The third kappa shape index (κ3) is 3.77. The van der Waals surface area contributed by atoms with Gasteiger partial charge in [0.1, 0.15) is 17.2 Å². The van der Waals surface area contributed by atoms with Gasteiger partial charge in [-0.15, -0.1) is 0 Å². The molecule has 1 saturated heterocycles. The summed E-state index contributed by atoms with van der Waals surface area (Å²) < 4.78 is 17.7. The number of benzene rings is 1. The number of rotatable bonds is 6. The Labute approximate surface area is 189 Å².